The summed E-state index contributed by atoms with van der Waals surface area (Å²) in [6.45, 7) is 5.80. The van der Waals surface area contributed by atoms with Crippen LogP contribution in [0.4, 0.5) is 13.2 Å². The van der Waals surface area contributed by atoms with Gasteiger partial charge < -0.3 is 15.5 Å². The fourth-order valence-corrected chi connectivity index (χ4v) is 3.29. The molecule has 2 rings (SSSR count). The fraction of sp³-hybridized carbons (Fsp3) is 0.545. The van der Waals surface area contributed by atoms with Crippen molar-refractivity contribution >= 4 is 29.9 Å². The first-order chi connectivity index (χ1) is 14.6. The minimum atomic E-state index is -4.32. The summed E-state index contributed by atoms with van der Waals surface area (Å²) < 4.78 is 40.7. The Hall–Kier alpha value is -1.82. The molecule has 2 aromatic rings. The molecular weight excluding hydrogens is 532 g/mol. The lowest BCUT2D eigenvalue weighted by Crippen LogP contribution is -2.38. The zero-order chi connectivity index (χ0) is 23.0. The van der Waals surface area contributed by atoms with Gasteiger partial charge in [0.15, 0.2) is 5.96 Å². The van der Waals surface area contributed by atoms with Gasteiger partial charge in [-0.2, -0.15) is 18.3 Å². The van der Waals surface area contributed by atoms with Crippen LogP contribution in [0.25, 0.3) is 0 Å². The average Bonchev–Trinajstić information content (AvgIpc) is 3.13. The number of benzene rings is 1. The molecule has 0 amide bonds. The van der Waals surface area contributed by atoms with Crippen LogP contribution in [0.15, 0.2) is 41.7 Å². The van der Waals surface area contributed by atoms with Crippen molar-refractivity contribution in [3.63, 3.8) is 0 Å². The van der Waals surface area contributed by atoms with E-state index in [1.807, 2.05) is 47.4 Å². The first-order valence-electron chi connectivity index (χ1n) is 10.5. The van der Waals surface area contributed by atoms with Gasteiger partial charge in [0.05, 0.1) is 24.3 Å². The SMILES string of the molecule is CCNC(=NCC(c1cnn(C)c1)N(C)C)NCCC(C)c1cccc(C(F)(F)F)c1.I. The number of aliphatic imine (C=N–C) groups is 1. The molecule has 0 spiro atoms. The highest BCUT2D eigenvalue weighted by atomic mass is 127. The number of likely N-dealkylation sites (N-methyl/N-ethyl adjacent to an activating group) is 1. The van der Waals surface area contributed by atoms with Gasteiger partial charge in [-0.25, -0.2) is 0 Å². The number of guanidine groups is 1. The van der Waals surface area contributed by atoms with Crippen LogP contribution in [0.1, 0.15) is 48.9 Å². The Bertz CT molecular complexity index is 850. The minimum absolute atomic E-state index is 0. The standard InChI is InChI=1S/C22H33F3N6.HI/c1-6-26-21(28-14-20(30(3)4)18-13-29-31(5)15-18)27-11-10-16(2)17-8-7-9-19(12-17)22(23,24)25;/h7-9,12-13,15-16,20H,6,10-11,14H2,1-5H3,(H2,26,27,28);1H. The molecule has 0 saturated heterocycles. The molecule has 2 unspecified atom stereocenters. The number of hydrogen-bond acceptors (Lipinski definition) is 3. The lowest BCUT2D eigenvalue weighted by atomic mass is 9.96. The highest BCUT2D eigenvalue weighted by Gasteiger charge is 2.30. The smallest absolute Gasteiger partial charge is 0.357 e. The van der Waals surface area contributed by atoms with Crippen molar-refractivity contribution in [2.24, 2.45) is 12.0 Å². The van der Waals surface area contributed by atoms with Gasteiger partial charge in [0.25, 0.3) is 0 Å². The summed E-state index contributed by atoms with van der Waals surface area (Å²) in [7, 11) is 5.89. The summed E-state index contributed by atoms with van der Waals surface area (Å²) in [5, 5.41) is 10.8. The number of nitrogens with one attached hydrogen (secondary N) is 2. The van der Waals surface area contributed by atoms with Crippen LogP contribution in [-0.4, -0.2) is 54.4 Å². The van der Waals surface area contributed by atoms with Crippen molar-refractivity contribution in [2.45, 2.75) is 38.4 Å². The number of nitrogens with zero attached hydrogens (tertiary/aromatic N) is 4. The van der Waals surface area contributed by atoms with Gasteiger partial charge in [0.2, 0.25) is 0 Å². The Kier molecular flexibility index (Phi) is 11.5. The molecule has 1 aromatic heterocycles. The molecule has 32 heavy (non-hydrogen) atoms. The van der Waals surface area contributed by atoms with E-state index in [2.05, 4.69) is 20.6 Å². The van der Waals surface area contributed by atoms with Gasteiger partial charge in [-0.3, -0.25) is 9.67 Å². The number of aryl methyl sites for hydroxylation is 1. The molecule has 2 N–H and O–H groups in total. The summed E-state index contributed by atoms with van der Waals surface area (Å²) in [4.78, 5) is 6.80. The van der Waals surface area contributed by atoms with Crippen LogP contribution in [0, 0.1) is 0 Å². The number of halogens is 4. The second-order valence-corrected chi connectivity index (χ2v) is 7.89. The first-order valence-corrected chi connectivity index (χ1v) is 10.5. The van der Waals surface area contributed by atoms with Crippen molar-refractivity contribution < 1.29 is 13.2 Å². The molecule has 0 bridgehead atoms. The summed E-state index contributed by atoms with van der Waals surface area (Å²) in [6.07, 6.45) is 0.191. The molecule has 6 nitrogen and oxygen atoms in total. The van der Waals surface area contributed by atoms with E-state index in [-0.39, 0.29) is 35.9 Å². The van der Waals surface area contributed by atoms with Gasteiger partial charge in [0, 0.05) is 31.9 Å². The molecule has 0 aliphatic heterocycles. The van der Waals surface area contributed by atoms with Crippen molar-refractivity contribution in [3.05, 3.63) is 53.3 Å². The van der Waals surface area contributed by atoms with Crippen LogP contribution in [0.3, 0.4) is 0 Å². The van der Waals surface area contributed by atoms with Crippen LogP contribution in [0.5, 0.6) is 0 Å². The Labute approximate surface area is 205 Å². The third-order valence-corrected chi connectivity index (χ3v) is 5.15. The molecule has 0 aliphatic rings. The summed E-state index contributed by atoms with van der Waals surface area (Å²) in [6, 6.07) is 5.64. The highest BCUT2D eigenvalue weighted by molar-refractivity contribution is 14.0. The van der Waals surface area contributed by atoms with Crippen LogP contribution < -0.4 is 10.6 Å². The fourth-order valence-electron chi connectivity index (χ4n) is 3.29. The Balaban J connectivity index is 0.00000512. The van der Waals surface area contributed by atoms with Gasteiger partial charge in [0.1, 0.15) is 0 Å². The molecule has 1 heterocycles. The third kappa shape index (κ3) is 8.61. The van der Waals surface area contributed by atoms with Crippen LogP contribution in [0.2, 0.25) is 0 Å². The number of hydrogen-bond donors (Lipinski definition) is 2. The molecule has 1 aromatic carbocycles. The van der Waals surface area contributed by atoms with E-state index in [0.717, 1.165) is 11.6 Å². The van der Waals surface area contributed by atoms with Gasteiger partial charge in [-0.1, -0.05) is 25.1 Å². The normalized spacial score (nSPS) is 14.1. The lowest BCUT2D eigenvalue weighted by molar-refractivity contribution is -0.137. The van der Waals surface area contributed by atoms with Crippen molar-refractivity contribution in [1.82, 2.24) is 25.3 Å². The molecule has 0 radical (unpaired) electrons. The number of alkyl halides is 3. The maximum Gasteiger partial charge on any atom is 0.416 e. The third-order valence-electron chi connectivity index (χ3n) is 5.15. The summed E-state index contributed by atoms with van der Waals surface area (Å²) in [5.41, 5.74) is 1.16. The van der Waals surface area contributed by atoms with E-state index >= 15 is 0 Å². The lowest BCUT2D eigenvalue weighted by Gasteiger charge is -2.22. The van der Waals surface area contributed by atoms with Crippen LogP contribution >= 0.6 is 24.0 Å². The highest BCUT2D eigenvalue weighted by Crippen LogP contribution is 2.31. The van der Waals surface area contributed by atoms with E-state index in [9.17, 15) is 13.2 Å². The Morgan fingerprint density at radius 1 is 1.22 bits per heavy atom. The minimum Gasteiger partial charge on any atom is -0.357 e. The summed E-state index contributed by atoms with van der Waals surface area (Å²) in [5.74, 6) is 0.678. The second-order valence-electron chi connectivity index (χ2n) is 7.89. The van der Waals surface area contributed by atoms with Crippen LogP contribution in [-0.2, 0) is 13.2 Å². The Morgan fingerprint density at radius 2 is 1.94 bits per heavy atom. The number of rotatable bonds is 9. The topological polar surface area (TPSA) is 57.5 Å². The van der Waals surface area contributed by atoms with Gasteiger partial charge in [-0.05, 0) is 45.0 Å². The van der Waals surface area contributed by atoms with E-state index in [1.165, 1.54) is 12.1 Å². The molecule has 10 heteroatoms. The molecule has 0 aliphatic carbocycles. The van der Waals surface area contributed by atoms with Crippen molar-refractivity contribution in [3.8, 4) is 0 Å². The van der Waals surface area contributed by atoms with Crippen molar-refractivity contribution in [2.75, 3.05) is 33.7 Å². The molecular formula is C22H34F3IN6. The van der Waals surface area contributed by atoms with Crippen molar-refractivity contribution in [1.29, 1.82) is 0 Å². The average molecular weight is 566 g/mol. The zero-order valence-corrected chi connectivity index (χ0v) is 21.6. The first kappa shape index (κ1) is 28.2. The Morgan fingerprint density at radius 3 is 2.50 bits per heavy atom. The molecule has 0 fully saturated rings. The van der Waals surface area contributed by atoms with Gasteiger partial charge >= 0.3 is 6.18 Å². The zero-order valence-electron chi connectivity index (χ0n) is 19.3. The van der Waals surface area contributed by atoms with E-state index in [1.54, 1.807) is 10.7 Å². The van der Waals surface area contributed by atoms with E-state index in [0.29, 0.717) is 37.6 Å². The number of aromatic nitrogens is 2. The maximum absolute atomic E-state index is 13.0. The van der Waals surface area contributed by atoms with E-state index in [4.69, 9.17) is 4.99 Å². The quantitative estimate of drug-likeness (QED) is 0.269. The maximum atomic E-state index is 13.0. The predicted octanol–water partition coefficient (Wildman–Crippen LogP) is 4.41. The van der Waals surface area contributed by atoms with Gasteiger partial charge in [-0.15, -0.1) is 24.0 Å². The van der Waals surface area contributed by atoms with E-state index < -0.39 is 11.7 Å². The second kappa shape index (κ2) is 13.0. The monoisotopic (exact) mass is 566 g/mol. The largest absolute Gasteiger partial charge is 0.416 e. The molecule has 0 saturated carbocycles. The summed E-state index contributed by atoms with van der Waals surface area (Å²) >= 11 is 0. The molecule has 180 valence electrons. The molecule has 2 atom stereocenters. The predicted molar refractivity (Wildman–Crippen MR) is 134 cm³/mol.